The van der Waals surface area contributed by atoms with Crippen LogP contribution < -0.4 is 20.3 Å². The Balaban J connectivity index is 1.55. The second-order valence-electron chi connectivity index (χ2n) is 6.31. The van der Waals surface area contributed by atoms with Gasteiger partial charge in [0.05, 0.1) is 7.11 Å². The zero-order valence-electron chi connectivity index (χ0n) is 13.7. The van der Waals surface area contributed by atoms with Crippen LogP contribution in [0.5, 0.6) is 5.75 Å². The van der Waals surface area contributed by atoms with E-state index in [4.69, 9.17) is 4.74 Å². The van der Waals surface area contributed by atoms with E-state index in [1.165, 1.54) is 12.1 Å². The minimum atomic E-state index is 0.437. The van der Waals surface area contributed by atoms with Crippen LogP contribution in [0.3, 0.4) is 0 Å². The highest BCUT2D eigenvalue weighted by atomic mass is 16.5. The van der Waals surface area contributed by atoms with Crippen LogP contribution in [0, 0.1) is 5.92 Å². The number of methoxy groups -OCH3 is 1. The van der Waals surface area contributed by atoms with Gasteiger partial charge in [-0.15, -0.1) is 0 Å². The molecule has 1 aromatic carbocycles. The summed E-state index contributed by atoms with van der Waals surface area (Å²) < 4.78 is 5.31. The van der Waals surface area contributed by atoms with Crippen LogP contribution in [0.4, 0.5) is 5.69 Å². The van der Waals surface area contributed by atoms with Crippen LogP contribution in [-0.2, 0) is 0 Å². The topological polar surface area (TPSA) is 48.9 Å². The summed E-state index contributed by atoms with van der Waals surface area (Å²) in [7, 11) is 3.55. The summed E-state index contributed by atoms with van der Waals surface area (Å²) in [6.45, 7) is 4.32. The summed E-state index contributed by atoms with van der Waals surface area (Å²) in [5.74, 6) is 2.62. The maximum Gasteiger partial charge on any atom is 0.191 e. The number of aliphatic imine (C=N–C) groups is 1. The predicted molar refractivity (Wildman–Crippen MR) is 90.8 cm³/mol. The molecule has 2 fully saturated rings. The summed E-state index contributed by atoms with van der Waals surface area (Å²) in [4.78, 5) is 6.74. The monoisotopic (exact) mass is 302 g/mol. The molecular formula is C17H26N4O. The molecule has 5 heteroatoms. The smallest absolute Gasteiger partial charge is 0.191 e. The molecule has 3 unspecified atom stereocenters. The third-order valence-electron chi connectivity index (χ3n) is 4.60. The van der Waals surface area contributed by atoms with E-state index in [0.717, 1.165) is 37.1 Å². The molecule has 5 nitrogen and oxygen atoms in total. The highest BCUT2D eigenvalue weighted by Crippen LogP contribution is 2.29. The van der Waals surface area contributed by atoms with Gasteiger partial charge in [-0.2, -0.15) is 0 Å². The van der Waals surface area contributed by atoms with E-state index in [2.05, 4.69) is 39.6 Å². The number of hydrogen-bond acceptors (Lipinski definition) is 3. The number of rotatable bonds is 4. The van der Waals surface area contributed by atoms with Crippen LogP contribution in [0.2, 0.25) is 0 Å². The molecule has 0 amide bonds. The Morgan fingerprint density at radius 3 is 2.86 bits per heavy atom. The summed E-state index contributed by atoms with van der Waals surface area (Å²) in [6, 6.07) is 9.31. The highest BCUT2D eigenvalue weighted by Gasteiger charge is 2.34. The highest BCUT2D eigenvalue weighted by molar-refractivity contribution is 5.80. The van der Waals surface area contributed by atoms with Crippen molar-refractivity contribution in [2.45, 2.75) is 31.8 Å². The van der Waals surface area contributed by atoms with Crippen molar-refractivity contribution >= 4 is 11.6 Å². The fourth-order valence-corrected chi connectivity index (χ4v) is 2.98. The number of nitrogens with one attached hydrogen (secondary N) is 2. The summed E-state index contributed by atoms with van der Waals surface area (Å²) in [5, 5.41) is 7.04. The molecule has 2 N–H and O–H groups in total. The lowest BCUT2D eigenvalue weighted by molar-refractivity contribution is 0.415. The van der Waals surface area contributed by atoms with Crippen LogP contribution in [-0.4, -0.2) is 45.3 Å². The third kappa shape index (κ3) is 3.46. The molecule has 1 aromatic rings. The second kappa shape index (κ2) is 6.46. The summed E-state index contributed by atoms with van der Waals surface area (Å²) in [6.07, 6.45) is 2.37. The fraction of sp³-hybridized carbons (Fsp3) is 0.588. The van der Waals surface area contributed by atoms with Gasteiger partial charge in [-0.25, -0.2) is 0 Å². The molecule has 1 saturated heterocycles. The number of ether oxygens (including phenoxy) is 1. The Bertz CT molecular complexity index is 545. The quantitative estimate of drug-likeness (QED) is 0.658. The molecule has 0 spiro atoms. The third-order valence-corrected chi connectivity index (χ3v) is 4.60. The van der Waals surface area contributed by atoms with Crippen molar-refractivity contribution in [2.75, 3.05) is 32.1 Å². The van der Waals surface area contributed by atoms with E-state index in [1.807, 2.05) is 19.2 Å². The van der Waals surface area contributed by atoms with Crippen molar-refractivity contribution in [3.8, 4) is 5.75 Å². The van der Waals surface area contributed by atoms with E-state index in [1.54, 1.807) is 7.11 Å². The predicted octanol–water partition coefficient (Wildman–Crippen LogP) is 1.85. The maximum absolute atomic E-state index is 5.31. The number of anilines is 1. The molecule has 120 valence electrons. The zero-order chi connectivity index (χ0) is 15.5. The lowest BCUT2D eigenvalue weighted by Gasteiger charge is -2.21. The van der Waals surface area contributed by atoms with Gasteiger partial charge in [0.15, 0.2) is 5.96 Å². The largest absolute Gasteiger partial charge is 0.497 e. The van der Waals surface area contributed by atoms with Gasteiger partial charge >= 0.3 is 0 Å². The van der Waals surface area contributed by atoms with Crippen LogP contribution >= 0.6 is 0 Å². The lowest BCUT2D eigenvalue weighted by Crippen LogP contribution is -2.45. The molecule has 1 saturated carbocycles. The Labute approximate surface area is 132 Å². The standard InChI is InChI=1S/C17H26N4O/c1-12-9-16(12)20-17(18-2)19-13-7-8-21(11-13)14-5-4-6-15(10-14)22-3/h4-6,10,12-13,16H,7-9,11H2,1-3H3,(H2,18,19,20). The number of guanidine groups is 1. The van der Waals surface area contributed by atoms with Crippen LogP contribution in [0.25, 0.3) is 0 Å². The molecule has 3 rings (SSSR count). The Kier molecular flexibility index (Phi) is 4.41. The molecule has 2 aliphatic rings. The Hall–Kier alpha value is -1.91. The van der Waals surface area contributed by atoms with Crippen molar-refractivity contribution < 1.29 is 4.74 Å². The first-order valence-corrected chi connectivity index (χ1v) is 8.08. The van der Waals surface area contributed by atoms with Crippen LogP contribution in [0.15, 0.2) is 29.3 Å². The second-order valence-corrected chi connectivity index (χ2v) is 6.31. The minimum Gasteiger partial charge on any atom is -0.497 e. The Morgan fingerprint density at radius 1 is 1.36 bits per heavy atom. The summed E-state index contributed by atoms with van der Waals surface area (Å²) in [5.41, 5.74) is 1.22. The molecular weight excluding hydrogens is 276 g/mol. The van der Waals surface area contributed by atoms with Crippen molar-refractivity contribution in [3.05, 3.63) is 24.3 Å². The molecule has 0 aromatic heterocycles. The van der Waals surface area contributed by atoms with Crippen LogP contribution in [0.1, 0.15) is 19.8 Å². The first-order chi connectivity index (χ1) is 10.7. The number of nitrogens with zero attached hydrogens (tertiary/aromatic N) is 2. The van der Waals surface area contributed by atoms with E-state index in [-0.39, 0.29) is 0 Å². The summed E-state index contributed by atoms with van der Waals surface area (Å²) >= 11 is 0. The molecule has 0 bridgehead atoms. The molecule has 1 heterocycles. The van der Waals surface area contributed by atoms with Gasteiger partial charge in [-0.3, -0.25) is 4.99 Å². The van der Waals surface area contributed by atoms with Gasteiger partial charge in [-0.1, -0.05) is 13.0 Å². The van der Waals surface area contributed by atoms with Gasteiger partial charge in [0.2, 0.25) is 0 Å². The van der Waals surface area contributed by atoms with E-state index < -0.39 is 0 Å². The fourth-order valence-electron chi connectivity index (χ4n) is 2.98. The molecule has 22 heavy (non-hydrogen) atoms. The van der Waals surface area contributed by atoms with Crippen molar-refractivity contribution in [1.29, 1.82) is 0 Å². The molecule has 3 atom stereocenters. The zero-order valence-corrected chi connectivity index (χ0v) is 13.7. The van der Waals surface area contributed by atoms with E-state index >= 15 is 0 Å². The SMILES string of the molecule is CN=C(NC1CCN(c2cccc(OC)c2)C1)NC1CC1C. The van der Waals surface area contributed by atoms with Crippen molar-refractivity contribution in [1.82, 2.24) is 10.6 Å². The van der Waals surface area contributed by atoms with Crippen molar-refractivity contribution in [3.63, 3.8) is 0 Å². The molecule has 1 aliphatic carbocycles. The first kappa shape index (κ1) is 15.0. The van der Waals surface area contributed by atoms with Gasteiger partial charge in [0, 0.05) is 44.0 Å². The average molecular weight is 302 g/mol. The van der Waals surface area contributed by atoms with E-state index in [9.17, 15) is 0 Å². The minimum absolute atomic E-state index is 0.437. The lowest BCUT2D eigenvalue weighted by atomic mass is 10.2. The van der Waals surface area contributed by atoms with Gasteiger partial charge in [-0.05, 0) is 30.9 Å². The van der Waals surface area contributed by atoms with E-state index in [0.29, 0.717) is 12.1 Å². The van der Waals surface area contributed by atoms with Crippen molar-refractivity contribution in [2.24, 2.45) is 10.9 Å². The van der Waals surface area contributed by atoms with Gasteiger partial charge < -0.3 is 20.3 Å². The normalized spacial score (nSPS) is 27.7. The van der Waals surface area contributed by atoms with Gasteiger partial charge in [0.25, 0.3) is 0 Å². The van der Waals surface area contributed by atoms with Gasteiger partial charge in [0.1, 0.15) is 5.75 Å². The average Bonchev–Trinajstić information content (AvgIpc) is 3.04. The number of hydrogen-bond donors (Lipinski definition) is 2. The maximum atomic E-state index is 5.31. The first-order valence-electron chi connectivity index (χ1n) is 8.08. The molecule has 1 aliphatic heterocycles. The molecule has 0 radical (unpaired) electrons. The Morgan fingerprint density at radius 2 is 2.18 bits per heavy atom. The number of benzene rings is 1.